The molecular weight excluding hydrogens is 399 g/mol. The summed E-state index contributed by atoms with van der Waals surface area (Å²) in [5.74, 6) is -0.150. The molecule has 1 aromatic carbocycles. The minimum atomic E-state index is -0.150. The van der Waals surface area contributed by atoms with Gasteiger partial charge in [-0.05, 0) is 32.0 Å². The second-order valence-electron chi connectivity index (χ2n) is 4.99. The molecule has 3 rings (SSSR count). The molecule has 0 aliphatic rings. The summed E-state index contributed by atoms with van der Waals surface area (Å²) in [6.07, 6.45) is 0. The average Bonchev–Trinajstić information content (AvgIpc) is 3.10. The molecule has 3 aromatic rings. The van der Waals surface area contributed by atoms with Crippen molar-refractivity contribution in [2.75, 3.05) is 29.0 Å². The highest BCUT2D eigenvalue weighted by Gasteiger charge is 2.16. The van der Waals surface area contributed by atoms with E-state index in [1.54, 1.807) is 23.5 Å². The first kappa shape index (κ1) is 21.5. The number of para-hydroxylation sites is 2. The Bertz CT molecular complexity index is 814. The summed E-state index contributed by atoms with van der Waals surface area (Å²) >= 11 is 3.03. The van der Waals surface area contributed by atoms with Crippen LogP contribution in [0.15, 0.2) is 30.3 Å². The number of amides is 1. The van der Waals surface area contributed by atoms with E-state index in [0.29, 0.717) is 16.3 Å². The number of thiophene rings is 1. The van der Waals surface area contributed by atoms with E-state index in [-0.39, 0.29) is 30.7 Å². The average molecular weight is 419 g/mol. The van der Waals surface area contributed by atoms with Crippen LogP contribution < -0.4 is 16.0 Å². The zero-order valence-electron chi connectivity index (χ0n) is 13.8. The van der Waals surface area contributed by atoms with Gasteiger partial charge < -0.3 is 16.0 Å². The first-order valence-corrected chi connectivity index (χ1v) is 9.06. The number of fused-ring (bicyclic) bond motifs is 1. The van der Waals surface area contributed by atoms with Crippen LogP contribution >= 0.6 is 47.5 Å². The van der Waals surface area contributed by atoms with Crippen LogP contribution in [-0.4, -0.2) is 24.0 Å². The number of benzene rings is 1. The third-order valence-corrected chi connectivity index (χ3v) is 5.76. The molecule has 5 nitrogen and oxygen atoms in total. The molecule has 0 aliphatic carbocycles. The van der Waals surface area contributed by atoms with E-state index >= 15 is 0 Å². The largest absolute Gasteiger partial charge is 0.397 e. The molecule has 0 bridgehead atoms. The maximum Gasteiger partial charge on any atom is 0.265 e. The molecule has 3 N–H and O–H groups in total. The lowest BCUT2D eigenvalue weighted by Crippen LogP contribution is -2.21. The molecule has 1 amide bonds. The van der Waals surface area contributed by atoms with Crippen LogP contribution in [0, 0.1) is 0 Å². The molecule has 0 unspecified atom stereocenters. The zero-order chi connectivity index (χ0) is 16.4. The number of thiazole rings is 1. The monoisotopic (exact) mass is 418 g/mol. The Labute approximate surface area is 167 Å². The van der Waals surface area contributed by atoms with Crippen molar-refractivity contribution in [3.8, 4) is 0 Å². The molecule has 25 heavy (non-hydrogen) atoms. The van der Waals surface area contributed by atoms with Crippen LogP contribution in [0.2, 0.25) is 0 Å². The van der Waals surface area contributed by atoms with E-state index in [2.05, 4.69) is 29.0 Å². The lowest BCUT2D eigenvalue weighted by Gasteiger charge is -2.16. The van der Waals surface area contributed by atoms with Crippen molar-refractivity contribution < 1.29 is 4.79 Å². The van der Waals surface area contributed by atoms with Gasteiger partial charge in [-0.3, -0.25) is 4.79 Å². The number of halogens is 2. The van der Waals surface area contributed by atoms with Crippen LogP contribution in [0.5, 0.6) is 0 Å². The first-order valence-electron chi connectivity index (χ1n) is 7.43. The van der Waals surface area contributed by atoms with E-state index < -0.39 is 0 Å². The van der Waals surface area contributed by atoms with Gasteiger partial charge in [-0.15, -0.1) is 36.2 Å². The van der Waals surface area contributed by atoms with E-state index in [1.807, 2.05) is 18.2 Å². The molecule has 0 saturated carbocycles. The van der Waals surface area contributed by atoms with Gasteiger partial charge in [-0.25, -0.2) is 4.98 Å². The number of carbonyl (C=O) groups excluding carboxylic acids is 1. The molecule has 0 fully saturated rings. The third-order valence-electron chi connectivity index (χ3n) is 3.54. The Morgan fingerprint density at radius 1 is 1.20 bits per heavy atom. The number of nitrogens with one attached hydrogen (secondary N) is 1. The summed E-state index contributed by atoms with van der Waals surface area (Å²) in [4.78, 5) is 20.8. The number of nitrogens with zero attached hydrogens (tertiary/aromatic N) is 2. The normalized spacial score (nSPS) is 10.0. The Hall–Kier alpha value is -1.54. The second kappa shape index (κ2) is 9.24. The lowest BCUT2D eigenvalue weighted by molar-refractivity contribution is 0.103. The van der Waals surface area contributed by atoms with Gasteiger partial charge in [0.2, 0.25) is 0 Å². The Morgan fingerprint density at radius 3 is 2.48 bits per heavy atom. The third kappa shape index (κ3) is 4.55. The number of hydrogen-bond donors (Lipinski definition) is 2. The zero-order valence-corrected chi connectivity index (χ0v) is 17.1. The fourth-order valence-corrected chi connectivity index (χ4v) is 4.49. The number of carbonyl (C=O) groups is 1. The van der Waals surface area contributed by atoms with Gasteiger partial charge in [0, 0.05) is 13.1 Å². The van der Waals surface area contributed by atoms with Crippen molar-refractivity contribution in [1.82, 2.24) is 4.98 Å². The highest BCUT2D eigenvalue weighted by Crippen LogP contribution is 2.35. The quantitative estimate of drug-likeness (QED) is 0.578. The summed E-state index contributed by atoms with van der Waals surface area (Å²) in [7, 11) is 0. The second-order valence-corrected chi connectivity index (χ2v) is 7.03. The smallest absolute Gasteiger partial charge is 0.265 e. The van der Waals surface area contributed by atoms with Crippen molar-refractivity contribution in [3.63, 3.8) is 0 Å². The van der Waals surface area contributed by atoms with Crippen LogP contribution in [0.25, 0.3) is 9.53 Å². The summed E-state index contributed by atoms with van der Waals surface area (Å²) in [5.41, 5.74) is 7.05. The van der Waals surface area contributed by atoms with Gasteiger partial charge >= 0.3 is 0 Å². The van der Waals surface area contributed by atoms with Gasteiger partial charge in [-0.2, -0.15) is 0 Å². The Morgan fingerprint density at radius 2 is 1.88 bits per heavy atom. The van der Waals surface area contributed by atoms with Gasteiger partial charge in [0.05, 0.1) is 21.0 Å². The highest BCUT2D eigenvalue weighted by molar-refractivity contribution is 7.29. The molecule has 136 valence electrons. The van der Waals surface area contributed by atoms with E-state index in [0.717, 1.165) is 27.8 Å². The van der Waals surface area contributed by atoms with Crippen molar-refractivity contribution in [2.24, 2.45) is 0 Å². The van der Waals surface area contributed by atoms with E-state index in [9.17, 15) is 4.79 Å². The maximum atomic E-state index is 12.4. The van der Waals surface area contributed by atoms with E-state index in [1.165, 1.54) is 11.3 Å². The Balaban J connectivity index is 0.00000156. The number of hydrogen-bond acceptors (Lipinski definition) is 6. The van der Waals surface area contributed by atoms with Crippen molar-refractivity contribution in [1.29, 1.82) is 0 Å². The fourth-order valence-electron chi connectivity index (χ4n) is 2.26. The molecule has 0 radical (unpaired) electrons. The number of nitrogens with two attached hydrogens (primary N) is 1. The molecule has 0 atom stereocenters. The van der Waals surface area contributed by atoms with Crippen LogP contribution in [0.3, 0.4) is 0 Å². The molecule has 2 heterocycles. The first-order chi connectivity index (χ1) is 11.1. The molecular formula is C16H20Cl2N4OS2. The summed E-state index contributed by atoms with van der Waals surface area (Å²) in [5, 5.41) is 3.86. The molecule has 0 aliphatic heterocycles. The number of aromatic nitrogens is 1. The lowest BCUT2D eigenvalue weighted by atomic mass is 10.2. The summed E-state index contributed by atoms with van der Waals surface area (Å²) in [6, 6.07) is 9.14. The highest BCUT2D eigenvalue weighted by atomic mass is 35.5. The van der Waals surface area contributed by atoms with Crippen LogP contribution in [0.4, 0.5) is 16.5 Å². The topological polar surface area (TPSA) is 71.2 Å². The SMILES string of the molecule is CCN(CC)c1nc2sc(C(=O)Nc3ccccc3N)cc2s1.Cl.Cl. The van der Waals surface area contributed by atoms with Crippen molar-refractivity contribution >= 4 is 79.4 Å². The molecule has 0 spiro atoms. The standard InChI is InChI=1S/C16H18N4OS2.2ClH/c1-3-20(4-2)16-19-15-13(23-16)9-12(22-15)14(21)18-11-8-6-5-7-10(11)17;;/h5-9H,3-4,17H2,1-2H3,(H,18,21);2*1H. The fraction of sp³-hybridized carbons (Fsp3) is 0.250. The number of rotatable bonds is 5. The summed E-state index contributed by atoms with van der Waals surface area (Å²) < 4.78 is 1.04. The molecule has 2 aromatic heterocycles. The van der Waals surface area contributed by atoms with Gasteiger partial charge in [0.15, 0.2) is 5.13 Å². The predicted molar refractivity (Wildman–Crippen MR) is 114 cm³/mol. The maximum absolute atomic E-state index is 12.4. The predicted octanol–water partition coefficient (Wildman–Crippen LogP) is 4.88. The summed E-state index contributed by atoms with van der Waals surface area (Å²) in [6.45, 7) is 6.08. The van der Waals surface area contributed by atoms with Gasteiger partial charge in [-0.1, -0.05) is 23.5 Å². The molecule has 9 heteroatoms. The minimum absolute atomic E-state index is 0. The van der Waals surface area contributed by atoms with Crippen molar-refractivity contribution in [2.45, 2.75) is 13.8 Å². The van der Waals surface area contributed by atoms with E-state index in [4.69, 9.17) is 5.73 Å². The number of anilines is 3. The van der Waals surface area contributed by atoms with Gasteiger partial charge in [0.1, 0.15) is 4.83 Å². The minimum Gasteiger partial charge on any atom is -0.397 e. The van der Waals surface area contributed by atoms with Gasteiger partial charge in [0.25, 0.3) is 5.91 Å². The molecule has 0 saturated heterocycles. The Kier molecular flexibility index (Phi) is 7.95. The number of nitrogen functional groups attached to an aromatic ring is 1. The van der Waals surface area contributed by atoms with Crippen LogP contribution in [-0.2, 0) is 0 Å². The van der Waals surface area contributed by atoms with Crippen molar-refractivity contribution in [3.05, 3.63) is 35.2 Å². The van der Waals surface area contributed by atoms with Crippen LogP contribution in [0.1, 0.15) is 23.5 Å².